The van der Waals surface area contributed by atoms with Crippen molar-refractivity contribution in [1.29, 1.82) is 0 Å². The standard InChI is InChI=1S/C19H25N3O/c1-14-18(12-13-19(23)20-16-8-6-7-9-16)15(2)22(21-14)17-10-4-3-5-11-17/h3-5,10-11,16H,6-9,12-13H2,1-2H3,(H,20,23). The van der Waals surface area contributed by atoms with Crippen molar-refractivity contribution in [3.63, 3.8) is 0 Å². The molecule has 4 nitrogen and oxygen atoms in total. The van der Waals surface area contributed by atoms with Crippen LogP contribution in [-0.2, 0) is 11.2 Å². The summed E-state index contributed by atoms with van der Waals surface area (Å²) in [5, 5.41) is 7.81. The topological polar surface area (TPSA) is 46.9 Å². The van der Waals surface area contributed by atoms with Crippen LogP contribution in [0, 0.1) is 13.8 Å². The molecular formula is C19H25N3O. The van der Waals surface area contributed by atoms with Crippen LogP contribution in [0.2, 0.25) is 0 Å². The molecule has 0 bridgehead atoms. The zero-order valence-electron chi connectivity index (χ0n) is 14.0. The number of rotatable bonds is 5. The van der Waals surface area contributed by atoms with Gasteiger partial charge in [-0.15, -0.1) is 0 Å². The molecule has 0 unspecified atom stereocenters. The Hall–Kier alpha value is -2.10. The van der Waals surface area contributed by atoms with Crippen LogP contribution in [0.15, 0.2) is 30.3 Å². The number of carbonyl (C=O) groups excluding carboxylic acids is 1. The monoisotopic (exact) mass is 311 g/mol. The van der Waals surface area contributed by atoms with E-state index in [2.05, 4.69) is 29.5 Å². The van der Waals surface area contributed by atoms with Gasteiger partial charge in [0.1, 0.15) is 0 Å². The quantitative estimate of drug-likeness (QED) is 0.919. The summed E-state index contributed by atoms with van der Waals surface area (Å²) in [6.07, 6.45) is 6.05. The van der Waals surface area contributed by atoms with E-state index >= 15 is 0 Å². The molecule has 0 atom stereocenters. The van der Waals surface area contributed by atoms with Gasteiger partial charge >= 0.3 is 0 Å². The van der Waals surface area contributed by atoms with Crippen LogP contribution in [-0.4, -0.2) is 21.7 Å². The summed E-state index contributed by atoms with van der Waals surface area (Å²) in [5.41, 5.74) is 4.40. The van der Waals surface area contributed by atoms with E-state index in [9.17, 15) is 4.79 Å². The Morgan fingerprint density at radius 3 is 2.61 bits per heavy atom. The van der Waals surface area contributed by atoms with Gasteiger partial charge in [0.05, 0.1) is 11.4 Å². The smallest absolute Gasteiger partial charge is 0.220 e. The second-order valence-electron chi connectivity index (χ2n) is 6.45. The molecule has 0 saturated heterocycles. The van der Waals surface area contributed by atoms with Crippen LogP contribution in [0.3, 0.4) is 0 Å². The van der Waals surface area contributed by atoms with Gasteiger partial charge in [0.25, 0.3) is 0 Å². The molecule has 1 heterocycles. The highest BCUT2D eigenvalue weighted by Crippen LogP contribution is 2.20. The summed E-state index contributed by atoms with van der Waals surface area (Å²) >= 11 is 0. The Morgan fingerprint density at radius 2 is 1.91 bits per heavy atom. The van der Waals surface area contributed by atoms with Gasteiger partial charge in [0, 0.05) is 18.2 Å². The van der Waals surface area contributed by atoms with E-state index in [1.165, 1.54) is 18.4 Å². The second kappa shape index (κ2) is 6.99. The lowest BCUT2D eigenvalue weighted by Crippen LogP contribution is -2.32. The maximum Gasteiger partial charge on any atom is 0.220 e. The predicted octanol–water partition coefficient (Wildman–Crippen LogP) is 3.48. The number of para-hydroxylation sites is 1. The van der Waals surface area contributed by atoms with Crippen molar-refractivity contribution in [2.24, 2.45) is 0 Å². The molecule has 0 aliphatic heterocycles. The minimum Gasteiger partial charge on any atom is -0.353 e. The SMILES string of the molecule is Cc1nn(-c2ccccc2)c(C)c1CCC(=O)NC1CCCC1. The summed E-state index contributed by atoms with van der Waals surface area (Å²) < 4.78 is 1.97. The Bertz CT molecular complexity index is 669. The maximum absolute atomic E-state index is 12.1. The van der Waals surface area contributed by atoms with Gasteiger partial charge in [-0.2, -0.15) is 5.10 Å². The molecule has 2 aromatic rings. The first-order chi connectivity index (χ1) is 11.1. The van der Waals surface area contributed by atoms with Crippen LogP contribution >= 0.6 is 0 Å². The highest BCUT2D eigenvalue weighted by molar-refractivity contribution is 5.76. The first kappa shape index (κ1) is 15.8. The van der Waals surface area contributed by atoms with E-state index < -0.39 is 0 Å². The molecule has 122 valence electrons. The van der Waals surface area contributed by atoms with Gasteiger partial charge < -0.3 is 5.32 Å². The van der Waals surface area contributed by atoms with Crippen molar-refractivity contribution >= 4 is 5.91 Å². The normalized spacial score (nSPS) is 15.0. The lowest BCUT2D eigenvalue weighted by atomic mass is 10.1. The molecule has 1 aromatic heterocycles. The number of aromatic nitrogens is 2. The largest absolute Gasteiger partial charge is 0.353 e. The molecule has 4 heteroatoms. The third-order valence-corrected chi connectivity index (χ3v) is 4.76. The average Bonchev–Trinajstić information content (AvgIpc) is 3.15. The summed E-state index contributed by atoms with van der Waals surface area (Å²) in [7, 11) is 0. The predicted molar refractivity (Wildman–Crippen MR) is 91.8 cm³/mol. The van der Waals surface area contributed by atoms with E-state index in [0.29, 0.717) is 12.5 Å². The van der Waals surface area contributed by atoms with Crippen molar-refractivity contribution < 1.29 is 4.79 Å². The summed E-state index contributed by atoms with van der Waals surface area (Å²) in [6, 6.07) is 10.5. The molecule has 1 amide bonds. The Labute approximate surface area is 137 Å². The maximum atomic E-state index is 12.1. The van der Waals surface area contributed by atoms with E-state index in [-0.39, 0.29) is 5.91 Å². The van der Waals surface area contributed by atoms with E-state index in [1.54, 1.807) is 0 Å². The number of amides is 1. The van der Waals surface area contributed by atoms with Crippen molar-refractivity contribution in [2.45, 2.75) is 58.4 Å². The van der Waals surface area contributed by atoms with Crippen LogP contribution < -0.4 is 5.32 Å². The Balaban J connectivity index is 1.66. The molecule has 3 rings (SSSR count). The molecule has 0 spiro atoms. The zero-order valence-corrected chi connectivity index (χ0v) is 14.0. The van der Waals surface area contributed by atoms with E-state index in [4.69, 9.17) is 0 Å². The Morgan fingerprint density at radius 1 is 1.22 bits per heavy atom. The molecule has 0 radical (unpaired) electrons. The van der Waals surface area contributed by atoms with Crippen molar-refractivity contribution in [1.82, 2.24) is 15.1 Å². The zero-order chi connectivity index (χ0) is 16.2. The van der Waals surface area contributed by atoms with E-state index in [0.717, 1.165) is 36.3 Å². The fourth-order valence-electron chi connectivity index (χ4n) is 3.47. The lowest BCUT2D eigenvalue weighted by molar-refractivity contribution is -0.121. The number of nitrogens with one attached hydrogen (secondary N) is 1. The first-order valence-corrected chi connectivity index (χ1v) is 8.55. The average molecular weight is 311 g/mol. The van der Waals surface area contributed by atoms with Gasteiger partial charge in [-0.1, -0.05) is 31.0 Å². The third kappa shape index (κ3) is 3.63. The number of benzene rings is 1. The summed E-state index contributed by atoms with van der Waals surface area (Å²) in [6.45, 7) is 4.11. The van der Waals surface area contributed by atoms with Crippen molar-refractivity contribution in [3.05, 3.63) is 47.3 Å². The molecular weight excluding hydrogens is 286 g/mol. The first-order valence-electron chi connectivity index (χ1n) is 8.55. The van der Waals surface area contributed by atoms with Gasteiger partial charge in [-0.3, -0.25) is 4.79 Å². The molecule has 1 aliphatic rings. The lowest BCUT2D eigenvalue weighted by Gasteiger charge is -2.11. The number of nitrogens with zero attached hydrogens (tertiary/aromatic N) is 2. The van der Waals surface area contributed by atoms with Crippen LogP contribution in [0.25, 0.3) is 5.69 Å². The van der Waals surface area contributed by atoms with Crippen LogP contribution in [0.5, 0.6) is 0 Å². The fraction of sp³-hybridized carbons (Fsp3) is 0.474. The number of hydrogen-bond acceptors (Lipinski definition) is 2. The molecule has 1 aliphatic carbocycles. The Kier molecular flexibility index (Phi) is 4.79. The van der Waals surface area contributed by atoms with Crippen molar-refractivity contribution in [2.75, 3.05) is 0 Å². The van der Waals surface area contributed by atoms with E-state index in [1.807, 2.05) is 29.8 Å². The molecule has 1 fully saturated rings. The number of hydrogen-bond donors (Lipinski definition) is 1. The highest BCUT2D eigenvalue weighted by atomic mass is 16.1. The minimum absolute atomic E-state index is 0.170. The fourth-order valence-corrected chi connectivity index (χ4v) is 3.47. The van der Waals surface area contributed by atoms with Gasteiger partial charge in [-0.25, -0.2) is 4.68 Å². The summed E-state index contributed by atoms with van der Waals surface area (Å²) in [4.78, 5) is 12.1. The van der Waals surface area contributed by atoms with Gasteiger partial charge in [0.15, 0.2) is 0 Å². The number of carbonyl (C=O) groups is 1. The van der Waals surface area contributed by atoms with Crippen LogP contribution in [0.4, 0.5) is 0 Å². The van der Waals surface area contributed by atoms with Gasteiger partial charge in [-0.05, 0) is 50.8 Å². The van der Waals surface area contributed by atoms with Crippen molar-refractivity contribution in [3.8, 4) is 5.69 Å². The van der Waals surface area contributed by atoms with Gasteiger partial charge in [0.2, 0.25) is 5.91 Å². The highest BCUT2D eigenvalue weighted by Gasteiger charge is 2.18. The molecule has 23 heavy (non-hydrogen) atoms. The second-order valence-corrected chi connectivity index (χ2v) is 6.45. The third-order valence-electron chi connectivity index (χ3n) is 4.76. The molecule has 1 saturated carbocycles. The molecule has 1 aromatic carbocycles. The minimum atomic E-state index is 0.170. The molecule has 1 N–H and O–H groups in total. The summed E-state index contributed by atoms with van der Waals surface area (Å²) in [5.74, 6) is 0.170. The van der Waals surface area contributed by atoms with Crippen LogP contribution in [0.1, 0.15) is 49.1 Å². The number of aryl methyl sites for hydroxylation is 1.